The van der Waals surface area contributed by atoms with E-state index in [1.54, 1.807) is 0 Å². The van der Waals surface area contributed by atoms with E-state index in [4.69, 9.17) is 25.4 Å². The molecule has 37 heavy (non-hydrogen) atoms. The molecule has 0 spiro atoms. The molecule has 10 nitrogen and oxygen atoms in total. The molecule has 3 aliphatic rings. The molecule has 0 atom stereocenters. The molecule has 204 valence electrons. The number of carbonyl (C=O) groups is 1. The summed E-state index contributed by atoms with van der Waals surface area (Å²) < 4.78 is 7.78. The molecule has 3 heterocycles. The summed E-state index contributed by atoms with van der Waals surface area (Å²) in [4.78, 5) is 29.0. The predicted octanol–water partition coefficient (Wildman–Crippen LogP) is 4.68. The molecule has 0 unspecified atom stereocenters. The lowest BCUT2D eigenvalue weighted by Gasteiger charge is -2.32. The SMILES string of the molecule is CC(C)(C)COC(=O)N1CCC(Nc2nc(N[C@H]3CC[C@H](N)CC3)nc3c2ncn3C2CCCC2)CC1. The molecule has 1 amide bonds. The molecule has 10 heteroatoms. The van der Waals surface area contributed by atoms with Crippen molar-refractivity contribution in [2.75, 3.05) is 30.3 Å². The van der Waals surface area contributed by atoms with Gasteiger partial charge in [-0.15, -0.1) is 0 Å². The Hall–Kier alpha value is -2.62. The van der Waals surface area contributed by atoms with Gasteiger partial charge in [-0.1, -0.05) is 33.6 Å². The van der Waals surface area contributed by atoms with Gasteiger partial charge in [0.1, 0.15) is 0 Å². The van der Waals surface area contributed by atoms with E-state index in [-0.39, 0.29) is 17.6 Å². The first kappa shape index (κ1) is 26.0. The number of ether oxygens (including phenoxy) is 1. The fourth-order valence-corrected chi connectivity index (χ4v) is 5.75. The smallest absolute Gasteiger partial charge is 0.409 e. The van der Waals surface area contributed by atoms with Crippen LogP contribution in [-0.4, -0.2) is 68.3 Å². The van der Waals surface area contributed by atoms with Crippen LogP contribution in [0.25, 0.3) is 11.2 Å². The van der Waals surface area contributed by atoms with E-state index >= 15 is 0 Å². The normalized spacial score (nSPS) is 23.9. The number of hydrogen-bond donors (Lipinski definition) is 3. The van der Waals surface area contributed by atoms with Crippen molar-refractivity contribution in [2.45, 2.75) is 109 Å². The Labute approximate surface area is 220 Å². The predicted molar refractivity (Wildman–Crippen MR) is 146 cm³/mol. The zero-order chi connectivity index (χ0) is 26.0. The second-order valence-electron chi connectivity index (χ2n) is 12.4. The molecule has 5 rings (SSSR count). The maximum absolute atomic E-state index is 12.5. The number of imidazole rings is 1. The fourth-order valence-electron chi connectivity index (χ4n) is 5.75. The van der Waals surface area contributed by atoms with Crippen LogP contribution < -0.4 is 16.4 Å². The van der Waals surface area contributed by atoms with Crippen LogP contribution in [0.2, 0.25) is 0 Å². The minimum atomic E-state index is -0.216. The molecule has 3 fully saturated rings. The Bertz CT molecular complexity index is 1060. The molecule has 2 aromatic rings. The maximum atomic E-state index is 12.5. The van der Waals surface area contributed by atoms with Crippen molar-refractivity contribution >= 4 is 29.0 Å². The molecule has 0 radical (unpaired) electrons. The van der Waals surface area contributed by atoms with Crippen LogP contribution in [0.15, 0.2) is 6.33 Å². The third-order valence-corrected chi connectivity index (χ3v) is 7.97. The van der Waals surface area contributed by atoms with Gasteiger partial charge in [0.2, 0.25) is 5.95 Å². The van der Waals surface area contributed by atoms with Crippen molar-refractivity contribution in [2.24, 2.45) is 11.1 Å². The van der Waals surface area contributed by atoms with Gasteiger partial charge in [-0.25, -0.2) is 9.78 Å². The first-order chi connectivity index (χ1) is 17.7. The van der Waals surface area contributed by atoms with E-state index in [9.17, 15) is 4.79 Å². The van der Waals surface area contributed by atoms with Crippen molar-refractivity contribution in [1.29, 1.82) is 0 Å². The minimum Gasteiger partial charge on any atom is -0.449 e. The van der Waals surface area contributed by atoms with Crippen LogP contribution in [0.1, 0.15) is 91.0 Å². The third kappa shape index (κ3) is 6.45. The lowest BCUT2D eigenvalue weighted by molar-refractivity contribution is 0.0663. The summed E-state index contributed by atoms with van der Waals surface area (Å²) in [5.41, 5.74) is 7.82. The molecule has 4 N–H and O–H groups in total. The Balaban J connectivity index is 1.30. The van der Waals surface area contributed by atoms with Crippen molar-refractivity contribution in [3.05, 3.63) is 6.33 Å². The minimum absolute atomic E-state index is 0.0365. The van der Waals surface area contributed by atoms with Gasteiger partial charge in [0.05, 0.1) is 12.9 Å². The monoisotopic (exact) mass is 512 g/mol. The lowest BCUT2D eigenvalue weighted by Crippen LogP contribution is -2.43. The van der Waals surface area contributed by atoms with Gasteiger partial charge in [-0.05, 0) is 56.8 Å². The van der Waals surface area contributed by atoms with Crippen molar-refractivity contribution < 1.29 is 9.53 Å². The summed E-state index contributed by atoms with van der Waals surface area (Å²) in [6.45, 7) is 7.96. The average molecular weight is 513 g/mol. The zero-order valence-corrected chi connectivity index (χ0v) is 22.7. The van der Waals surface area contributed by atoms with E-state index in [0.717, 1.165) is 55.5 Å². The number of carbonyl (C=O) groups excluding carboxylic acids is 1. The molecular weight excluding hydrogens is 468 g/mol. The van der Waals surface area contributed by atoms with Crippen LogP contribution >= 0.6 is 0 Å². The molecular formula is C27H44N8O2. The van der Waals surface area contributed by atoms with Crippen molar-refractivity contribution in [1.82, 2.24) is 24.4 Å². The van der Waals surface area contributed by atoms with Gasteiger partial charge < -0.3 is 30.6 Å². The van der Waals surface area contributed by atoms with E-state index in [0.29, 0.717) is 43.8 Å². The standard InChI is InChI=1S/C27H44N8O2/c1-27(2,3)16-37-26(36)34-14-12-20(13-15-34)30-23-22-24(35(17-29-22)21-6-4-5-7-21)33-25(32-23)31-19-10-8-18(28)9-11-19/h17-21H,4-16,28H2,1-3H3,(H2,30,31,32,33)/t18-,19-. The van der Waals surface area contributed by atoms with Gasteiger partial charge in [0, 0.05) is 37.3 Å². The van der Waals surface area contributed by atoms with Crippen molar-refractivity contribution in [3.63, 3.8) is 0 Å². The van der Waals surface area contributed by atoms with E-state index in [1.165, 1.54) is 25.7 Å². The molecule has 2 saturated carbocycles. The average Bonchev–Trinajstić information content (AvgIpc) is 3.54. The Morgan fingerprint density at radius 1 is 1.00 bits per heavy atom. The number of fused-ring (bicyclic) bond motifs is 1. The fraction of sp³-hybridized carbons (Fsp3) is 0.778. The van der Waals surface area contributed by atoms with Crippen LogP contribution in [-0.2, 0) is 4.74 Å². The summed E-state index contributed by atoms with van der Waals surface area (Å²) in [6, 6.07) is 1.31. The lowest BCUT2D eigenvalue weighted by atomic mass is 9.92. The largest absolute Gasteiger partial charge is 0.449 e. The van der Waals surface area contributed by atoms with Gasteiger partial charge >= 0.3 is 6.09 Å². The highest BCUT2D eigenvalue weighted by Gasteiger charge is 2.28. The molecule has 0 bridgehead atoms. The molecule has 2 aromatic heterocycles. The number of anilines is 2. The zero-order valence-electron chi connectivity index (χ0n) is 22.7. The molecule has 1 saturated heterocycles. The number of nitrogens with one attached hydrogen (secondary N) is 2. The third-order valence-electron chi connectivity index (χ3n) is 7.97. The molecule has 0 aromatic carbocycles. The number of rotatable bonds is 6. The second kappa shape index (κ2) is 11.0. The van der Waals surface area contributed by atoms with Gasteiger partial charge in [0.15, 0.2) is 17.0 Å². The highest BCUT2D eigenvalue weighted by Crippen LogP contribution is 2.34. The number of piperidine rings is 1. The van der Waals surface area contributed by atoms with Gasteiger partial charge in [-0.3, -0.25) is 0 Å². The number of hydrogen-bond acceptors (Lipinski definition) is 8. The maximum Gasteiger partial charge on any atom is 0.409 e. The summed E-state index contributed by atoms with van der Waals surface area (Å²) in [6.07, 6.45) is 12.4. The summed E-state index contributed by atoms with van der Waals surface area (Å²) in [7, 11) is 0. The van der Waals surface area contributed by atoms with Crippen LogP contribution in [0.3, 0.4) is 0 Å². The first-order valence-corrected chi connectivity index (χ1v) is 14.2. The Kier molecular flexibility index (Phi) is 7.74. The van der Waals surface area contributed by atoms with E-state index < -0.39 is 0 Å². The van der Waals surface area contributed by atoms with Gasteiger partial charge in [0.25, 0.3) is 0 Å². The highest BCUT2D eigenvalue weighted by atomic mass is 16.6. The quantitative estimate of drug-likeness (QED) is 0.510. The number of likely N-dealkylation sites (tertiary alicyclic amines) is 1. The number of aromatic nitrogens is 4. The highest BCUT2D eigenvalue weighted by molar-refractivity contribution is 5.84. The van der Waals surface area contributed by atoms with Crippen molar-refractivity contribution in [3.8, 4) is 0 Å². The number of nitrogens with two attached hydrogens (primary N) is 1. The summed E-state index contributed by atoms with van der Waals surface area (Å²) >= 11 is 0. The Morgan fingerprint density at radius 3 is 2.35 bits per heavy atom. The topological polar surface area (TPSA) is 123 Å². The van der Waals surface area contributed by atoms with E-state index in [1.807, 2.05) is 11.2 Å². The van der Waals surface area contributed by atoms with Crippen LogP contribution in [0.4, 0.5) is 16.6 Å². The van der Waals surface area contributed by atoms with Gasteiger partial charge in [-0.2, -0.15) is 9.97 Å². The van der Waals surface area contributed by atoms with Crippen LogP contribution in [0.5, 0.6) is 0 Å². The Morgan fingerprint density at radius 2 is 1.68 bits per heavy atom. The number of nitrogens with zero attached hydrogens (tertiary/aromatic N) is 5. The van der Waals surface area contributed by atoms with Crippen LogP contribution in [0, 0.1) is 5.41 Å². The number of amides is 1. The second-order valence-corrected chi connectivity index (χ2v) is 12.4. The summed E-state index contributed by atoms with van der Waals surface area (Å²) in [5.74, 6) is 1.45. The van der Waals surface area contributed by atoms with E-state index in [2.05, 4.69) is 36.0 Å². The summed E-state index contributed by atoms with van der Waals surface area (Å²) in [5, 5.41) is 7.26. The molecule has 2 aliphatic carbocycles. The molecule has 1 aliphatic heterocycles. The first-order valence-electron chi connectivity index (χ1n) is 14.2.